The van der Waals surface area contributed by atoms with Crippen LogP contribution in [0.2, 0.25) is 0 Å². The minimum atomic E-state index is -0.309. The van der Waals surface area contributed by atoms with Gasteiger partial charge in [0.05, 0.1) is 6.10 Å². The minimum absolute atomic E-state index is 0.266. The average Bonchev–Trinajstić information content (AvgIpc) is 2.64. The Morgan fingerprint density at radius 2 is 2.00 bits per heavy atom. The lowest BCUT2D eigenvalue weighted by Crippen LogP contribution is -2.38. The first-order valence-electron chi connectivity index (χ1n) is 6.89. The van der Waals surface area contributed by atoms with Gasteiger partial charge >= 0.3 is 0 Å². The Kier molecular flexibility index (Phi) is 5.44. The third kappa shape index (κ3) is 4.30. The maximum atomic E-state index is 12.2. The smallest absolute Gasteiger partial charge is 0.223 e. The highest BCUT2D eigenvalue weighted by atomic mass is 16.3. The fourth-order valence-corrected chi connectivity index (χ4v) is 2.43. The zero-order chi connectivity index (χ0) is 13.0. The van der Waals surface area contributed by atoms with Gasteiger partial charge in [0.15, 0.2) is 0 Å². The van der Waals surface area contributed by atoms with E-state index in [2.05, 4.69) is 20.8 Å². The van der Waals surface area contributed by atoms with E-state index in [4.69, 9.17) is 0 Å². The summed E-state index contributed by atoms with van der Waals surface area (Å²) in [5.74, 6) is 1.27. The maximum absolute atomic E-state index is 12.2. The van der Waals surface area contributed by atoms with E-state index in [0.717, 1.165) is 25.8 Å². The fourth-order valence-electron chi connectivity index (χ4n) is 2.43. The first kappa shape index (κ1) is 14.5. The molecular formula is C14H27NO2. The van der Waals surface area contributed by atoms with Crippen molar-refractivity contribution >= 4 is 5.91 Å². The molecule has 0 aromatic rings. The van der Waals surface area contributed by atoms with Crippen LogP contribution in [0, 0.1) is 11.8 Å². The highest BCUT2D eigenvalue weighted by molar-refractivity contribution is 5.77. The van der Waals surface area contributed by atoms with Crippen molar-refractivity contribution in [3.05, 3.63) is 0 Å². The van der Waals surface area contributed by atoms with Crippen molar-refractivity contribution in [3.63, 3.8) is 0 Å². The second-order valence-electron chi connectivity index (χ2n) is 5.89. The zero-order valence-electron chi connectivity index (χ0n) is 11.6. The van der Waals surface area contributed by atoms with Crippen LogP contribution in [0.1, 0.15) is 53.4 Å². The van der Waals surface area contributed by atoms with Gasteiger partial charge in [-0.25, -0.2) is 0 Å². The van der Waals surface area contributed by atoms with E-state index in [0.29, 0.717) is 18.3 Å². The molecule has 3 unspecified atom stereocenters. The number of hydrogen-bond acceptors (Lipinski definition) is 2. The summed E-state index contributed by atoms with van der Waals surface area (Å²) in [5.41, 5.74) is 0. The second kappa shape index (κ2) is 6.39. The summed E-state index contributed by atoms with van der Waals surface area (Å²) in [4.78, 5) is 14.2. The number of rotatable bonds is 5. The molecule has 0 spiro atoms. The number of carbonyl (C=O) groups is 1. The van der Waals surface area contributed by atoms with Crippen molar-refractivity contribution in [2.75, 3.05) is 6.54 Å². The minimum Gasteiger partial charge on any atom is -0.393 e. The molecular weight excluding hydrogens is 214 g/mol. The Morgan fingerprint density at radius 1 is 1.35 bits per heavy atom. The summed E-state index contributed by atoms with van der Waals surface area (Å²) in [6, 6.07) is 0.266. The quantitative estimate of drug-likeness (QED) is 0.803. The van der Waals surface area contributed by atoms with Gasteiger partial charge in [0.2, 0.25) is 5.91 Å². The van der Waals surface area contributed by atoms with Gasteiger partial charge in [-0.2, -0.15) is 0 Å². The van der Waals surface area contributed by atoms with E-state index in [-0.39, 0.29) is 18.1 Å². The third-order valence-corrected chi connectivity index (χ3v) is 3.95. The molecule has 0 aromatic heterocycles. The van der Waals surface area contributed by atoms with Crippen molar-refractivity contribution in [3.8, 4) is 0 Å². The van der Waals surface area contributed by atoms with Gasteiger partial charge < -0.3 is 10.0 Å². The summed E-state index contributed by atoms with van der Waals surface area (Å²) >= 11 is 0. The Labute approximate surface area is 105 Å². The van der Waals surface area contributed by atoms with Crippen LogP contribution in [-0.4, -0.2) is 34.6 Å². The molecule has 0 bridgehead atoms. The normalized spacial score (nSPS) is 24.1. The Hall–Kier alpha value is -0.570. The van der Waals surface area contributed by atoms with E-state index in [9.17, 15) is 9.90 Å². The number of likely N-dealkylation sites (tertiary alicyclic amines) is 1. The predicted octanol–water partition coefficient (Wildman–Crippen LogP) is 2.43. The van der Waals surface area contributed by atoms with Crippen molar-refractivity contribution in [1.82, 2.24) is 4.90 Å². The van der Waals surface area contributed by atoms with E-state index in [1.54, 1.807) is 6.92 Å². The number of hydrogen-bond donors (Lipinski definition) is 1. The predicted molar refractivity (Wildman–Crippen MR) is 69.7 cm³/mol. The second-order valence-corrected chi connectivity index (χ2v) is 5.89. The molecule has 1 heterocycles. The lowest BCUT2D eigenvalue weighted by molar-refractivity contribution is -0.133. The zero-order valence-corrected chi connectivity index (χ0v) is 11.6. The van der Waals surface area contributed by atoms with Gasteiger partial charge in [0.25, 0.3) is 0 Å². The summed E-state index contributed by atoms with van der Waals surface area (Å²) in [5, 5.41) is 9.44. The highest BCUT2D eigenvalue weighted by Crippen LogP contribution is 2.24. The molecule has 0 aromatic carbocycles. The molecule has 1 rings (SSSR count). The number of nitrogens with zero attached hydrogens (tertiary/aromatic N) is 1. The van der Waals surface area contributed by atoms with Gasteiger partial charge in [-0.1, -0.05) is 20.8 Å². The van der Waals surface area contributed by atoms with Crippen molar-refractivity contribution < 1.29 is 9.90 Å². The molecule has 1 saturated heterocycles. The van der Waals surface area contributed by atoms with Crippen LogP contribution in [0.5, 0.6) is 0 Å². The first-order chi connectivity index (χ1) is 7.91. The highest BCUT2D eigenvalue weighted by Gasteiger charge is 2.30. The van der Waals surface area contributed by atoms with Crippen LogP contribution in [0.3, 0.4) is 0 Å². The molecule has 0 radical (unpaired) electrons. The first-order valence-corrected chi connectivity index (χ1v) is 6.89. The van der Waals surface area contributed by atoms with E-state index in [1.165, 1.54) is 0 Å². The molecule has 1 amide bonds. The van der Waals surface area contributed by atoms with Gasteiger partial charge in [-0.05, 0) is 38.0 Å². The maximum Gasteiger partial charge on any atom is 0.223 e. The standard InChI is InChI=1S/C14H27NO2/c1-10(2)11(3)8-14(17)15-7-5-6-13(15)9-12(4)16/h10-13,16H,5-9H2,1-4H3. The number of amides is 1. The molecule has 0 saturated carbocycles. The van der Waals surface area contributed by atoms with Crippen LogP contribution in [-0.2, 0) is 4.79 Å². The van der Waals surface area contributed by atoms with Crippen LogP contribution < -0.4 is 0 Å². The summed E-state index contributed by atoms with van der Waals surface area (Å²) in [6.07, 6.45) is 3.19. The summed E-state index contributed by atoms with van der Waals surface area (Å²) in [6.45, 7) is 9.14. The molecule has 3 atom stereocenters. The Balaban J connectivity index is 2.50. The van der Waals surface area contributed by atoms with E-state index < -0.39 is 0 Å². The third-order valence-electron chi connectivity index (χ3n) is 3.95. The molecule has 17 heavy (non-hydrogen) atoms. The number of carbonyl (C=O) groups excluding carboxylic acids is 1. The molecule has 3 heteroatoms. The Bertz CT molecular complexity index is 251. The lowest BCUT2D eigenvalue weighted by atomic mass is 9.94. The Morgan fingerprint density at radius 3 is 2.53 bits per heavy atom. The van der Waals surface area contributed by atoms with Crippen LogP contribution in [0.4, 0.5) is 0 Å². The van der Waals surface area contributed by atoms with Gasteiger partial charge in [-0.3, -0.25) is 4.79 Å². The molecule has 3 nitrogen and oxygen atoms in total. The van der Waals surface area contributed by atoms with E-state index in [1.807, 2.05) is 4.90 Å². The van der Waals surface area contributed by atoms with Gasteiger partial charge in [0.1, 0.15) is 0 Å². The van der Waals surface area contributed by atoms with E-state index >= 15 is 0 Å². The molecule has 1 aliphatic heterocycles. The monoisotopic (exact) mass is 241 g/mol. The molecule has 100 valence electrons. The number of aliphatic hydroxyl groups excluding tert-OH is 1. The average molecular weight is 241 g/mol. The van der Waals surface area contributed by atoms with Crippen LogP contribution in [0.15, 0.2) is 0 Å². The van der Waals surface area contributed by atoms with Crippen molar-refractivity contribution in [2.45, 2.75) is 65.5 Å². The largest absolute Gasteiger partial charge is 0.393 e. The topological polar surface area (TPSA) is 40.5 Å². The fraction of sp³-hybridized carbons (Fsp3) is 0.929. The SMILES string of the molecule is CC(O)CC1CCCN1C(=O)CC(C)C(C)C. The number of aliphatic hydroxyl groups is 1. The van der Waals surface area contributed by atoms with Crippen LogP contribution in [0.25, 0.3) is 0 Å². The molecule has 0 aliphatic carbocycles. The molecule has 1 aliphatic rings. The summed E-state index contributed by atoms with van der Waals surface area (Å²) < 4.78 is 0. The summed E-state index contributed by atoms with van der Waals surface area (Å²) in [7, 11) is 0. The lowest BCUT2D eigenvalue weighted by Gasteiger charge is -2.27. The van der Waals surface area contributed by atoms with Crippen molar-refractivity contribution in [2.24, 2.45) is 11.8 Å². The molecule has 1 N–H and O–H groups in total. The van der Waals surface area contributed by atoms with Gasteiger partial charge in [-0.15, -0.1) is 0 Å². The van der Waals surface area contributed by atoms with Crippen molar-refractivity contribution in [1.29, 1.82) is 0 Å². The van der Waals surface area contributed by atoms with Gasteiger partial charge in [0, 0.05) is 19.0 Å². The molecule has 1 fully saturated rings. The van der Waals surface area contributed by atoms with Crippen LogP contribution >= 0.6 is 0 Å².